The minimum Gasteiger partial charge on any atom is -0.491 e. The number of ether oxygens (including phenoxy) is 2. The first-order valence-corrected chi connectivity index (χ1v) is 8.14. The number of nitrogens with zero attached hydrogens (tertiary/aromatic N) is 2. The van der Waals surface area contributed by atoms with Gasteiger partial charge in [0.05, 0.1) is 24.1 Å². The molecule has 0 spiro atoms. The highest BCUT2D eigenvalue weighted by atomic mass is 19.4. The van der Waals surface area contributed by atoms with Crippen molar-refractivity contribution in [2.45, 2.75) is 6.18 Å². The predicted molar refractivity (Wildman–Crippen MR) is 93.5 cm³/mol. The maximum atomic E-state index is 12.5. The van der Waals surface area contributed by atoms with Gasteiger partial charge in [0.15, 0.2) is 5.82 Å². The molecule has 1 aromatic carbocycles. The van der Waals surface area contributed by atoms with E-state index in [9.17, 15) is 18.0 Å². The Morgan fingerprint density at radius 2 is 2.03 bits per heavy atom. The number of carbonyl (C=O) groups excluding carboxylic acids is 1. The monoisotopic (exact) mass is 412 g/mol. The van der Waals surface area contributed by atoms with Crippen molar-refractivity contribution in [1.29, 1.82) is 0 Å². The fourth-order valence-electron chi connectivity index (χ4n) is 2.24. The van der Waals surface area contributed by atoms with E-state index in [4.69, 9.17) is 13.9 Å². The first-order valence-electron chi connectivity index (χ1n) is 8.14. The molecule has 3 aromatic rings. The van der Waals surface area contributed by atoms with E-state index in [0.29, 0.717) is 30.6 Å². The Bertz CT molecular complexity index is 956. The number of hydrogen-bond donors (Lipinski definition) is 2. The first kappa shape index (κ1) is 20.2. The van der Waals surface area contributed by atoms with Crippen LogP contribution in [-0.2, 0) is 10.9 Å². The lowest BCUT2D eigenvalue weighted by molar-refractivity contribution is -0.155. The average Bonchev–Trinajstić information content (AvgIpc) is 3.34. The van der Waals surface area contributed by atoms with Crippen molar-refractivity contribution in [1.82, 2.24) is 10.1 Å². The fraction of sp³-hybridized carbons (Fsp3) is 0.235. The van der Waals surface area contributed by atoms with Crippen LogP contribution in [-0.4, -0.2) is 36.5 Å². The average molecular weight is 412 g/mol. The molecule has 0 aliphatic rings. The zero-order chi connectivity index (χ0) is 20.9. The van der Waals surface area contributed by atoms with E-state index in [-0.39, 0.29) is 11.6 Å². The number of halogens is 3. The molecule has 0 unspecified atom stereocenters. The van der Waals surface area contributed by atoms with E-state index in [1.165, 1.54) is 18.5 Å². The topological polar surface area (TPSA) is 112 Å². The molecular weight excluding hydrogens is 397 g/mol. The molecule has 29 heavy (non-hydrogen) atoms. The van der Waals surface area contributed by atoms with E-state index in [2.05, 4.69) is 25.3 Å². The number of rotatable bonds is 7. The van der Waals surface area contributed by atoms with Crippen LogP contribution >= 0.6 is 0 Å². The van der Waals surface area contributed by atoms with Gasteiger partial charge in [0, 0.05) is 13.2 Å². The number of amides is 2. The summed E-state index contributed by atoms with van der Waals surface area (Å²) in [6.07, 6.45) is -1.93. The number of urea groups is 1. The van der Waals surface area contributed by atoms with Gasteiger partial charge >= 0.3 is 12.2 Å². The predicted octanol–water partition coefficient (Wildman–Crippen LogP) is 4.02. The lowest BCUT2D eigenvalue weighted by atomic mass is 10.1. The summed E-state index contributed by atoms with van der Waals surface area (Å²) in [5.41, 5.74) is 0.680. The van der Waals surface area contributed by atoms with Gasteiger partial charge in [-0.2, -0.15) is 13.2 Å². The molecule has 0 bridgehead atoms. The summed E-state index contributed by atoms with van der Waals surface area (Å²) in [6, 6.07) is 4.45. The third-order valence-corrected chi connectivity index (χ3v) is 3.49. The molecule has 0 saturated heterocycles. The van der Waals surface area contributed by atoms with E-state index in [0.717, 1.165) is 0 Å². The van der Waals surface area contributed by atoms with Crippen molar-refractivity contribution >= 4 is 17.5 Å². The van der Waals surface area contributed by atoms with Crippen LogP contribution in [0.5, 0.6) is 5.75 Å². The van der Waals surface area contributed by atoms with E-state index in [1.54, 1.807) is 19.2 Å². The summed E-state index contributed by atoms with van der Waals surface area (Å²) in [4.78, 5) is 16.2. The Labute approximate surface area is 161 Å². The van der Waals surface area contributed by atoms with Crippen LogP contribution in [0.15, 0.2) is 45.7 Å². The van der Waals surface area contributed by atoms with Gasteiger partial charge < -0.3 is 23.7 Å². The molecule has 0 saturated carbocycles. The molecule has 0 aliphatic heterocycles. The summed E-state index contributed by atoms with van der Waals surface area (Å²) in [7, 11) is 1.54. The van der Waals surface area contributed by atoms with Crippen molar-refractivity contribution in [2.24, 2.45) is 0 Å². The van der Waals surface area contributed by atoms with Crippen molar-refractivity contribution < 1.29 is 36.4 Å². The standard InChI is InChI=1S/C17H15F3N4O5/c1-26-6-7-27-10-2-3-12(11(8-10)15-21-4-5-28-15)22-16(25)23-14-9-13(29-24-14)17(18,19)20/h2-5,8-9H,6-7H2,1H3,(H2,22,23,24,25). The summed E-state index contributed by atoms with van der Waals surface area (Å²) in [5.74, 6) is -1.04. The van der Waals surface area contributed by atoms with Gasteiger partial charge in [-0.15, -0.1) is 0 Å². The second-order valence-corrected chi connectivity index (χ2v) is 5.54. The van der Waals surface area contributed by atoms with E-state index in [1.807, 2.05) is 0 Å². The Kier molecular flexibility index (Phi) is 6.02. The third-order valence-electron chi connectivity index (χ3n) is 3.49. The van der Waals surface area contributed by atoms with Crippen LogP contribution in [0.2, 0.25) is 0 Å². The summed E-state index contributed by atoms with van der Waals surface area (Å²) in [5, 5.41) is 7.82. The van der Waals surface area contributed by atoms with Crippen LogP contribution in [0.3, 0.4) is 0 Å². The molecule has 2 amide bonds. The normalized spacial score (nSPS) is 11.3. The molecule has 0 fully saturated rings. The van der Waals surface area contributed by atoms with Crippen LogP contribution in [0, 0.1) is 0 Å². The number of oxazole rings is 1. The molecule has 154 valence electrons. The lowest BCUT2D eigenvalue weighted by Crippen LogP contribution is -2.20. The Morgan fingerprint density at radius 1 is 1.21 bits per heavy atom. The SMILES string of the molecule is COCCOc1ccc(NC(=O)Nc2cc(C(F)(F)F)on2)c(-c2ncco2)c1. The maximum absolute atomic E-state index is 12.5. The number of alkyl halides is 3. The third kappa shape index (κ3) is 5.25. The van der Waals surface area contributed by atoms with Crippen molar-refractivity contribution in [3.8, 4) is 17.2 Å². The van der Waals surface area contributed by atoms with Gasteiger partial charge in [-0.1, -0.05) is 5.16 Å². The number of methoxy groups -OCH3 is 1. The van der Waals surface area contributed by atoms with E-state index < -0.39 is 23.8 Å². The second-order valence-electron chi connectivity index (χ2n) is 5.54. The smallest absolute Gasteiger partial charge is 0.452 e. The number of hydrogen-bond acceptors (Lipinski definition) is 7. The van der Waals surface area contributed by atoms with Gasteiger partial charge in [0.1, 0.15) is 18.6 Å². The van der Waals surface area contributed by atoms with Crippen LogP contribution in [0.25, 0.3) is 11.5 Å². The number of anilines is 2. The van der Waals surface area contributed by atoms with Gasteiger partial charge in [-0.05, 0) is 18.2 Å². The van der Waals surface area contributed by atoms with Gasteiger partial charge in [-0.3, -0.25) is 5.32 Å². The molecule has 0 radical (unpaired) electrons. The van der Waals surface area contributed by atoms with Crippen LogP contribution < -0.4 is 15.4 Å². The molecular formula is C17H15F3N4O5. The largest absolute Gasteiger partial charge is 0.491 e. The first-order chi connectivity index (χ1) is 13.9. The molecule has 12 heteroatoms. The maximum Gasteiger partial charge on any atom is 0.452 e. The molecule has 9 nitrogen and oxygen atoms in total. The number of carbonyl (C=O) groups is 1. The minimum atomic E-state index is -4.71. The summed E-state index contributed by atoms with van der Waals surface area (Å²) < 4.78 is 57.5. The Balaban J connectivity index is 1.75. The lowest BCUT2D eigenvalue weighted by Gasteiger charge is -2.12. The van der Waals surface area contributed by atoms with Crippen LogP contribution in [0.4, 0.5) is 29.5 Å². The highest BCUT2D eigenvalue weighted by molar-refractivity contribution is 6.01. The number of aromatic nitrogens is 2. The molecule has 3 rings (SSSR count). The Morgan fingerprint density at radius 3 is 2.69 bits per heavy atom. The molecule has 0 atom stereocenters. The molecule has 2 heterocycles. The molecule has 2 N–H and O–H groups in total. The van der Waals surface area contributed by atoms with Gasteiger partial charge in [-0.25, -0.2) is 9.78 Å². The fourth-order valence-corrected chi connectivity index (χ4v) is 2.24. The second kappa shape index (κ2) is 8.65. The Hall–Kier alpha value is -3.54. The van der Waals surface area contributed by atoms with Crippen molar-refractivity contribution in [3.05, 3.63) is 42.5 Å². The van der Waals surface area contributed by atoms with Gasteiger partial charge in [0.2, 0.25) is 11.7 Å². The highest BCUT2D eigenvalue weighted by Crippen LogP contribution is 2.32. The summed E-state index contributed by atoms with van der Waals surface area (Å²) >= 11 is 0. The minimum absolute atomic E-state index is 0.207. The number of benzene rings is 1. The van der Waals surface area contributed by atoms with Crippen molar-refractivity contribution in [2.75, 3.05) is 31.0 Å². The summed E-state index contributed by atoms with van der Waals surface area (Å²) in [6.45, 7) is 0.691. The molecule has 2 aromatic heterocycles. The zero-order valence-corrected chi connectivity index (χ0v) is 14.9. The number of nitrogens with one attached hydrogen (secondary N) is 2. The molecule has 0 aliphatic carbocycles. The highest BCUT2D eigenvalue weighted by Gasteiger charge is 2.36. The van der Waals surface area contributed by atoms with Crippen LogP contribution in [0.1, 0.15) is 5.76 Å². The quantitative estimate of drug-likeness (QED) is 0.564. The van der Waals surface area contributed by atoms with Crippen molar-refractivity contribution in [3.63, 3.8) is 0 Å². The zero-order valence-electron chi connectivity index (χ0n) is 14.9. The van der Waals surface area contributed by atoms with Gasteiger partial charge in [0.25, 0.3) is 0 Å². The van der Waals surface area contributed by atoms with E-state index >= 15 is 0 Å².